The molecule has 4 N–H and O–H groups in total. The first kappa shape index (κ1) is 19.7. The minimum Gasteiger partial charge on any atom is -0.383 e. The van der Waals surface area contributed by atoms with Crippen LogP contribution in [0.5, 0.6) is 0 Å². The number of nitrogens with zero attached hydrogens (tertiary/aromatic N) is 3. The quantitative estimate of drug-likeness (QED) is 0.341. The number of thiazole rings is 1. The number of hydrogen-bond acceptors (Lipinski definition) is 7. The summed E-state index contributed by atoms with van der Waals surface area (Å²) in [6.07, 6.45) is 0. The van der Waals surface area contributed by atoms with Gasteiger partial charge in [-0.3, -0.25) is 0 Å². The topological polar surface area (TPSA) is 88.8 Å². The van der Waals surface area contributed by atoms with Crippen molar-refractivity contribution >= 4 is 62.2 Å². The number of nitrogens with one attached hydrogen (secondary N) is 2. The molecule has 2 heterocycles. The largest absolute Gasteiger partial charge is 0.383 e. The SMILES string of the molecule is Cc1nc2ccc(NCCNc3cc(-c4cccc(Cl)c4Cl)nc(N)n3)cc2s1. The first-order chi connectivity index (χ1) is 14.0. The number of anilines is 3. The van der Waals surface area contributed by atoms with Crippen molar-refractivity contribution < 1.29 is 0 Å². The van der Waals surface area contributed by atoms with Crippen LogP contribution in [0.3, 0.4) is 0 Å². The highest BCUT2D eigenvalue weighted by molar-refractivity contribution is 7.18. The maximum atomic E-state index is 6.30. The van der Waals surface area contributed by atoms with Crippen molar-refractivity contribution in [2.24, 2.45) is 0 Å². The van der Waals surface area contributed by atoms with Crippen molar-refractivity contribution in [3.63, 3.8) is 0 Å². The first-order valence-corrected chi connectivity index (χ1v) is 10.5. The highest BCUT2D eigenvalue weighted by Gasteiger charge is 2.11. The van der Waals surface area contributed by atoms with Gasteiger partial charge in [0, 0.05) is 30.4 Å². The van der Waals surface area contributed by atoms with Crippen LogP contribution in [-0.4, -0.2) is 28.0 Å². The first-order valence-electron chi connectivity index (χ1n) is 8.93. The molecule has 0 saturated heterocycles. The molecule has 0 bridgehead atoms. The third-order valence-corrected chi connectivity index (χ3v) is 5.98. The predicted octanol–water partition coefficient (Wildman–Crippen LogP) is 5.47. The monoisotopic (exact) mass is 444 g/mol. The van der Waals surface area contributed by atoms with Gasteiger partial charge < -0.3 is 16.4 Å². The Balaban J connectivity index is 1.41. The number of nitrogen functional groups attached to an aromatic ring is 1. The molecule has 0 fully saturated rings. The molecule has 0 radical (unpaired) electrons. The van der Waals surface area contributed by atoms with Crippen molar-refractivity contribution in [3.05, 3.63) is 57.5 Å². The van der Waals surface area contributed by atoms with Gasteiger partial charge in [-0.2, -0.15) is 4.98 Å². The van der Waals surface area contributed by atoms with E-state index in [1.807, 2.05) is 31.2 Å². The Morgan fingerprint density at radius 3 is 2.69 bits per heavy atom. The lowest BCUT2D eigenvalue weighted by Crippen LogP contribution is -2.15. The van der Waals surface area contributed by atoms with Crippen molar-refractivity contribution in [3.8, 4) is 11.3 Å². The van der Waals surface area contributed by atoms with Crippen LogP contribution < -0.4 is 16.4 Å². The molecule has 9 heteroatoms. The Morgan fingerprint density at radius 2 is 1.83 bits per heavy atom. The van der Waals surface area contributed by atoms with E-state index in [1.165, 1.54) is 4.70 Å². The van der Waals surface area contributed by atoms with E-state index in [9.17, 15) is 0 Å². The summed E-state index contributed by atoms with van der Waals surface area (Å²) >= 11 is 14.1. The summed E-state index contributed by atoms with van der Waals surface area (Å²) in [5.41, 5.74) is 9.28. The van der Waals surface area contributed by atoms with Crippen molar-refractivity contribution in [1.29, 1.82) is 0 Å². The lowest BCUT2D eigenvalue weighted by atomic mass is 10.1. The molecule has 29 heavy (non-hydrogen) atoms. The van der Waals surface area contributed by atoms with E-state index in [0.717, 1.165) is 16.2 Å². The van der Waals surface area contributed by atoms with E-state index >= 15 is 0 Å². The molecule has 0 saturated carbocycles. The molecule has 0 aliphatic heterocycles. The maximum absolute atomic E-state index is 6.30. The number of fused-ring (bicyclic) bond motifs is 1. The average Bonchev–Trinajstić information content (AvgIpc) is 3.06. The van der Waals surface area contributed by atoms with Gasteiger partial charge in [0.05, 0.1) is 31.0 Å². The Morgan fingerprint density at radius 1 is 1.00 bits per heavy atom. The second-order valence-electron chi connectivity index (χ2n) is 6.37. The van der Waals surface area contributed by atoms with Crippen LogP contribution >= 0.6 is 34.5 Å². The Kier molecular flexibility index (Phi) is 5.71. The van der Waals surface area contributed by atoms with Crippen LogP contribution in [0.15, 0.2) is 42.5 Å². The van der Waals surface area contributed by atoms with Gasteiger partial charge in [0.25, 0.3) is 0 Å². The van der Waals surface area contributed by atoms with Gasteiger partial charge in [-0.15, -0.1) is 11.3 Å². The number of benzene rings is 2. The molecule has 4 aromatic rings. The molecule has 0 spiro atoms. The number of aryl methyl sites for hydroxylation is 1. The molecule has 6 nitrogen and oxygen atoms in total. The maximum Gasteiger partial charge on any atom is 0.222 e. The zero-order valence-electron chi connectivity index (χ0n) is 15.5. The smallest absolute Gasteiger partial charge is 0.222 e. The van der Waals surface area contributed by atoms with Crippen LogP contribution in [0.4, 0.5) is 17.5 Å². The molecule has 2 aromatic heterocycles. The molecular formula is C20H18Cl2N6S. The molecule has 0 aliphatic rings. The summed E-state index contributed by atoms with van der Waals surface area (Å²) in [6, 6.07) is 13.4. The fourth-order valence-electron chi connectivity index (χ4n) is 2.94. The Hall–Kier alpha value is -2.61. The fourth-order valence-corrected chi connectivity index (χ4v) is 4.21. The third kappa shape index (κ3) is 4.53. The molecule has 0 aliphatic carbocycles. The second-order valence-corrected chi connectivity index (χ2v) is 8.39. The van der Waals surface area contributed by atoms with E-state index in [2.05, 4.69) is 31.7 Å². The summed E-state index contributed by atoms with van der Waals surface area (Å²) < 4.78 is 1.17. The average molecular weight is 445 g/mol. The van der Waals surface area contributed by atoms with Crippen LogP contribution in [0.2, 0.25) is 10.0 Å². The summed E-state index contributed by atoms with van der Waals surface area (Å²) in [5.74, 6) is 0.791. The zero-order valence-corrected chi connectivity index (χ0v) is 17.9. The lowest BCUT2D eigenvalue weighted by molar-refractivity contribution is 1.05. The van der Waals surface area contributed by atoms with Crippen molar-refractivity contribution in [2.75, 3.05) is 29.5 Å². The van der Waals surface area contributed by atoms with E-state index in [0.29, 0.717) is 40.2 Å². The van der Waals surface area contributed by atoms with Crippen LogP contribution in [0, 0.1) is 6.92 Å². The Labute approximate surface area is 182 Å². The van der Waals surface area contributed by atoms with E-state index in [1.54, 1.807) is 23.5 Å². The van der Waals surface area contributed by atoms with E-state index in [-0.39, 0.29) is 5.95 Å². The lowest BCUT2D eigenvalue weighted by Gasteiger charge is -2.11. The van der Waals surface area contributed by atoms with Gasteiger partial charge in [0.1, 0.15) is 5.82 Å². The molecule has 0 atom stereocenters. The van der Waals surface area contributed by atoms with Crippen LogP contribution in [-0.2, 0) is 0 Å². The summed E-state index contributed by atoms with van der Waals surface area (Å²) in [7, 11) is 0. The van der Waals surface area contributed by atoms with Gasteiger partial charge in [-0.25, -0.2) is 9.97 Å². The molecule has 4 rings (SSSR count). The number of hydrogen-bond donors (Lipinski definition) is 3. The van der Waals surface area contributed by atoms with Crippen LogP contribution in [0.1, 0.15) is 5.01 Å². The molecular weight excluding hydrogens is 427 g/mol. The van der Waals surface area contributed by atoms with E-state index in [4.69, 9.17) is 28.9 Å². The number of aromatic nitrogens is 3. The van der Waals surface area contributed by atoms with E-state index < -0.39 is 0 Å². The molecule has 0 unspecified atom stereocenters. The summed E-state index contributed by atoms with van der Waals surface area (Å²) in [5, 5.41) is 8.63. The second kappa shape index (κ2) is 8.41. The van der Waals surface area contributed by atoms with Crippen LogP contribution in [0.25, 0.3) is 21.5 Å². The van der Waals surface area contributed by atoms with Gasteiger partial charge in [-0.1, -0.05) is 35.3 Å². The number of halogens is 2. The Bertz CT molecular complexity index is 1180. The number of rotatable bonds is 6. The highest BCUT2D eigenvalue weighted by Crippen LogP contribution is 2.33. The standard InChI is InChI=1S/C20H18Cl2N6S/c1-11-26-15-6-5-12(9-17(15)29-11)24-7-8-25-18-10-16(27-20(23)28-18)13-3-2-4-14(21)19(13)22/h2-6,9-10,24H,7-8H2,1H3,(H3,23,25,27,28). The number of nitrogens with two attached hydrogens (primary N) is 1. The highest BCUT2D eigenvalue weighted by atomic mass is 35.5. The van der Waals surface area contributed by atoms with Gasteiger partial charge in [0.15, 0.2) is 0 Å². The molecule has 2 aromatic carbocycles. The van der Waals surface area contributed by atoms with Crippen molar-refractivity contribution in [2.45, 2.75) is 6.92 Å². The zero-order chi connectivity index (χ0) is 20.4. The van der Waals surface area contributed by atoms with Crippen molar-refractivity contribution in [1.82, 2.24) is 15.0 Å². The van der Waals surface area contributed by atoms with Gasteiger partial charge in [0.2, 0.25) is 5.95 Å². The van der Waals surface area contributed by atoms with Gasteiger partial charge >= 0.3 is 0 Å². The minimum atomic E-state index is 0.167. The fraction of sp³-hybridized carbons (Fsp3) is 0.150. The minimum absolute atomic E-state index is 0.167. The molecule has 148 valence electrons. The summed E-state index contributed by atoms with van der Waals surface area (Å²) in [6.45, 7) is 3.37. The third-order valence-electron chi connectivity index (χ3n) is 4.23. The normalized spacial score (nSPS) is 11.0. The summed E-state index contributed by atoms with van der Waals surface area (Å²) in [4.78, 5) is 13.0. The van der Waals surface area contributed by atoms with Gasteiger partial charge in [-0.05, 0) is 31.2 Å². The molecule has 0 amide bonds. The predicted molar refractivity (Wildman–Crippen MR) is 123 cm³/mol.